The first-order chi connectivity index (χ1) is 6.79. The van der Waals surface area contributed by atoms with Crippen LogP contribution in [-0.4, -0.2) is 22.6 Å². The second kappa shape index (κ2) is 3.75. The standard InChI is InChI=1S/C10H12N2O2/c13-10(14)7-3-5-11-6-8(7)9-2-1-4-12-9/h3,5-6,9,12H,1-2,4H2,(H,13,14). The molecule has 2 N–H and O–H groups in total. The molecule has 1 unspecified atom stereocenters. The fourth-order valence-corrected chi connectivity index (χ4v) is 1.83. The summed E-state index contributed by atoms with van der Waals surface area (Å²) in [5, 5.41) is 12.2. The van der Waals surface area contributed by atoms with Crippen molar-refractivity contribution in [2.45, 2.75) is 18.9 Å². The molecule has 1 aromatic rings. The lowest BCUT2D eigenvalue weighted by molar-refractivity contribution is 0.0695. The van der Waals surface area contributed by atoms with E-state index in [1.807, 2.05) is 0 Å². The molecule has 0 saturated carbocycles. The summed E-state index contributed by atoms with van der Waals surface area (Å²) in [6.45, 7) is 0.957. The maximum atomic E-state index is 10.9. The van der Waals surface area contributed by atoms with Gasteiger partial charge < -0.3 is 10.4 Å². The Bertz CT molecular complexity index is 346. The molecule has 0 aliphatic carbocycles. The van der Waals surface area contributed by atoms with Crippen LogP contribution >= 0.6 is 0 Å². The molecular weight excluding hydrogens is 180 g/mol. The predicted molar refractivity (Wildman–Crippen MR) is 51.2 cm³/mol. The zero-order valence-corrected chi connectivity index (χ0v) is 7.73. The van der Waals surface area contributed by atoms with Crippen molar-refractivity contribution in [2.24, 2.45) is 0 Å². The summed E-state index contributed by atoms with van der Waals surface area (Å²) in [7, 11) is 0. The predicted octanol–water partition coefficient (Wildman–Crippen LogP) is 1.20. The summed E-state index contributed by atoms with van der Waals surface area (Å²) in [4.78, 5) is 14.9. The zero-order chi connectivity index (χ0) is 9.97. The molecule has 74 valence electrons. The Morgan fingerprint density at radius 3 is 3.14 bits per heavy atom. The van der Waals surface area contributed by atoms with Gasteiger partial charge in [-0.3, -0.25) is 4.98 Å². The number of aromatic nitrogens is 1. The van der Waals surface area contributed by atoms with E-state index in [2.05, 4.69) is 10.3 Å². The highest BCUT2D eigenvalue weighted by molar-refractivity contribution is 5.89. The van der Waals surface area contributed by atoms with Gasteiger partial charge in [0.05, 0.1) is 5.56 Å². The van der Waals surface area contributed by atoms with Gasteiger partial charge in [-0.25, -0.2) is 4.79 Å². The quantitative estimate of drug-likeness (QED) is 0.739. The molecule has 2 heterocycles. The molecule has 1 aliphatic rings. The summed E-state index contributed by atoms with van der Waals surface area (Å²) in [6, 6.07) is 1.72. The second-order valence-corrected chi connectivity index (χ2v) is 3.42. The number of nitrogens with one attached hydrogen (secondary N) is 1. The van der Waals surface area contributed by atoms with Gasteiger partial charge in [-0.2, -0.15) is 0 Å². The molecule has 2 rings (SSSR count). The van der Waals surface area contributed by atoms with Gasteiger partial charge in [0.15, 0.2) is 0 Å². The summed E-state index contributed by atoms with van der Waals surface area (Å²) in [5.41, 5.74) is 1.16. The lowest BCUT2D eigenvalue weighted by Gasteiger charge is -2.12. The third kappa shape index (κ3) is 1.61. The largest absolute Gasteiger partial charge is 0.478 e. The van der Waals surface area contributed by atoms with Gasteiger partial charge in [0.2, 0.25) is 0 Å². The van der Waals surface area contributed by atoms with Gasteiger partial charge in [0.25, 0.3) is 0 Å². The van der Waals surface area contributed by atoms with Crippen LogP contribution in [0.15, 0.2) is 18.5 Å². The number of pyridine rings is 1. The van der Waals surface area contributed by atoms with Gasteiger partial charge in [-0.15, -0.1) is 0 Å². The molecule has 0 aromatic carbocycles. The Morgan fingerprint density at radius 2 is 2.50 bits per heavy atom. The Hall–Kier alpha value is -1.42. The summed E-state index contributed by atoms with van der Waals surface area (Å²) >= 11 is 0. The van der Waals surface area contributed by atoms with Crippen molar-refractivity contribution in [2.75, 3.05) is 6.54 Å². The summed E-state index contributed by atoms with van der Waals surface area (Å²) in [6.07, 6.45) is 5.25. The minimum Gasteiger partial charge on any atom is -0.478 e. The van der Waals surface area contributed by atoms with E-state index in [0.29, 0.717) is 5.56 Å². The van der Waals surface area contributed by atoms with E-state index in [4.69, 9.17) is 5.11 Å². The Morgan fingerprint density at radius 1 is 1.64 bits per heavy atom. The average molecular weight is 192 g/mol. The molecule has 0 radical (unpaired) electrons. The van der Waals surface area contributed by atoms with Gasteiger partial charge in [0, 0.05) is 24.0 Å². The Labute approximate surface area is 82.0 Å². The first-order valence-corrected chi connectivity index (χ1v) is 4.69. The van der Waals surface area contributed by atoms with Crippen molar-refractivity contribution in [1.29, 1.82) is 0 Å². The third-order valence-electron chi connectivity index (χ3n) is 2.52. The zero-order valence-electron chi connectivity index (χ0n) is 7.73. The van der Waals surface area contributed by atoms with E-state index in [0.717, 1.165) is 24.9 Å². The number of rotatable bonds is 2. The molecule has 1 fully saturated rings. The second-order valence-electron chi connectivity index (χ2n) is 3.42. The fourth-order valence-electron chi connectivity index (χ4n) is 1.83. The van der Waals surface area contributed by atoms with Crippen LogP contribution in [0.3, 0.4) is 0 Å². The molecule has 0 spiro atoms. The fraction of sp³-hybridized carbons (Fsp3) is 0.400. The van der Waals surface area contributed by atoms with E-state index in [1.165, 1.54) is 6.20 Å². The molecular formula is C10H12N2O2. The van der Waals surface area contributed by atoms with Gasteiger partial charge in [0.1, 0.15) is 0 Å². The lowest BCUT2D eigenvalue weighted by atomic mass is 10.0. The van der Waals surface area contributed by atoms with Crippen LogP contribution in [-0.2, 0) is 0 Å². The highest BCUT2D eigenvalue weighted by Crippen LogP contribution is 2.25. The number of aromatic carboxylic acids is 1. The SMILES string of the molecule is O=C(O)c1ccncc1C1CCCN1. The van der Waals surface area contributed by atoms with E-state index >= 15 is 0 Å². The van der Waals surface area contributed by atoms with Crippen molar-refractivity contribution in [3.05, 3.63) is 29.6 Å². The normalized spacial score (nSPS) is 21.0. The van der Waals surface area contributed by atoms with Crippen molar-refractivity contribution in [3.8, 4) is 0 Å². The van der Waals surface area contributed by atoms with Crippen LogP contribution in [0.1, 0.15) is 34.8 Å². The summed E-state index contributed by atoms with van der Waals surface area (Å²) in [5.74, 6) is -0.879. The van der Waals surface area contributed by atoms with Crippen LogP contribution in [0.5, 0.6) is 0 Å². The maximum absolute atomic E-state index is 10.9. The molecule has 1 atom stereocenters. The van der Waals surface area contributed by atoms with E-state index < -0.39 is 5.97 Å². The minimum atomic E-state index is -0.879. The molecule has 0 amide bonds. The smallest absolute Gasteiger partial charge is 0.336 e. The molecule has 4 nitrogen and oxygen atoms in total. The third-order valence-corrected chi connectivity index (χ3v) is 2.52. The Balaban J connectivity index is 2.35. The number of hydrogen-bond acceptors (Lipinski definition) is 3. The summed E-state index contributed by atoms with van der Waals surface area (Å²) < 4.78 is 0. The highest BCUT2D eigenvalue weighted by Gasteiger charge is 2.21. The van der Waals surface area contributed by atoms with Crippen LogP contribution < -0.4 is 5.32 Å². The van der Waals surface area contributed by atoms with E-state index in [1.54, 1.807) is 12.3 Å². The van der Waals surface area contributed by atoms with Crippen molar-refractivity contribution < 1.29 is 9.90 Å². The van der Waals surface area contributed by atoms with Gasteiger partial charge >= 0.3 is 5.97 Å². The first kappa shape index (κ1) is 9.15. The number of nitrogens with zero attached hydrogens (tertiary/aromatic N) is 1. The van der Waals surface area contributed by atoms with Crippen LogP contribution in [0, 0.1) is 0 Å². The van der Waals surface area contributed by atoms with E-state index in [9.17, 15) is 4.79 Å². The Kier molecular flexibility index (Phi) is 2.45. The minimum absolute atomic E-state index is 0.162. The molecule has 1 saturated heterocycles. The van der Waals surface area contributed by atoms with Crippen molar-refractivity contribution in [3.63, 3.8) is 0 Å². The monoisotopic (exact) mass is 192 g/mol. The van der Waals surface area contributed by atoms with Crippen molar-refractivity contribution >= 4 is 5.97 Å². The number of carbonyl (C=O) groups is 1. The number of hydrogen-bond donors (Lipinski definition) is 2. The molecule has 4 heteroatoms. The van der Waals surface area contributed by atoms with Crippen LogP contribution in [0.4, 0.5) is 0 Å². The average Bonchev–Trinajstić information content (AvgIpc) is 2.70. The van der Waals surface area contributed by atoms with Gasteiger partial charge in [-0.1, -0.05) is 0 Å². The first-order valence-electron chi connectivity index (χ1n) is 4.69. The molecule has 1 aromatic heterocycles. The maximum Gasteiger partial charge on any atom is 0.336 e. The lowest BCUT2D eigenvalue weighted by Crippen LogP contribution is -2.16. The molecule has 1 aliphatic heterocycles. The number of carboxylic acid groups (broad SMARTS) is 1. The van der Waals surface area contributed by atoms with Crippen molar-refractivity contribution in [1.82, 2.24) is 10.3 Å². The molecule has 0 bridgehead atoms. The van der Waals surface area contributed by atoms with Crippen LogP contribution in [0.2, 0.25) is 0 Å². The van der Waals surface area contributed by atoms with E-state index in [-0.39, 0.29) is 6.04 Å². The highest BCUT2D eigenvalue weighted by atomic mass is 16.4. The number of carboxylic acids is 1. The molecule has 14 heavy (non-hydrogen) atoms. The van der Waals surface area contributed by atoms with Gasteiger partial charge in [-0.05, 0) is 25.5 Å². The topological polar surface area (TPSA) is 62.2 Å². The van der Waals surface area contributed by atoms with Crippen LogP contribution in [0.25, 0.3) is 0 Å².